The van der Waals surface area contributed by atoms with Crippen LogP contribution in [-0.2, 0) is 22.7 Å². The molecule has 2 heterocycles. The van der Waals surface area contributed by atoms with Crippen molar-refractivity contribution in [3.63, 3.8) is 0 Å². The zero-order valence-corrected chi connectivity index (χ0v) is 23.1. The van der Waals surface area contributed by atoms with Crippen molar-refractivity contribution in [2.45, 2.75) is 39.5 Å². The van der Waals surface area contributed by atoms with Gasteiger partial charge in [0.05, 0.1) is 18.2 Å². The van der Waals surface area contributed by atoms with Crippen molar-refractivity contribution in [1.29, 1.82) is 0 Å². The zero-order valence-electron chi connectivity index (χ0n) is 23.1. The third-order valence-corrected chi connectivity index (χ3v) is 7.09. The number of amides is 1. The van der Waals surface area contributed by atoms with Crippen LogP contribution < -0.4 is 9.47 Å². The summed E-state index contributed by atoms with van der Waals surface area (Å²) in [5.74, 6) is -0.307. The number of ketones is 1. The molecular formula is C34H32N2O5. The number of ether oxygens (including phenoxy) is 2. The summed E-state index contributed by atoms with van der Waals surface area (Å²) < 4.78 is 11.7. The number of likely N-dealkylation sites (tertiary alicyclic amines) is 1. The molecule has 7 heteroatoms. The molecule has 0 spiro atoms. The smallest absolute Gasteiger partial charge is 0.295 e. The number of nitrogens with zero attached hydrogens (tertiary/aromatic N) is 2. The summed E-state index contributed by atoms with van der Waals surface area (Å²) in [6, 6.07) is 25.0. The van der Waals surface area contributed by atoms with Crippen LogP contribution in [-0.4, -0.2) is 33.3 Å². The predicted molar refractivity (Wildman–Crippen MR) is 156 cm³/mol. The fraction of sp³-hybridized carbons (Fsp3) is 0.206. The van der Waals surface area contributed by atoms with Crippen molar-refractivity contribution < 1.29 is 24.2 Å². The monoisotopic (exact) mass is 548 g/mol. The first kappa shape index (κ1) is 27.6. The van der Waals surface area contributed by atoms with Crippen molar-refractivity contribution in [2.75, 3.05) is 6.61 Å². The van der Waals surface area contributed by atoms with Gasteiger partial charge in [0.2, 0.25) is 0 Å². The molecule has 1 unspecified atom stereocenters. The molecule has 1 fully saturated rings. The Morgan fingerprint density at radius 3 is 2.22 bits per heavy atom. The lowest BCUT2D eigenvalue weighted by atomic mass is 9.95. The van der Waals surface area contributed by atoms with Crippen LogP contribution in [0, 0.1) is 6.92 Å². The summed E-state index contributed by atoms with van der Waals surface area (Å²) in [5, 5.41) is 11.4. The van der Waals surface area contributed by atoms with Crippen LogP contribution in [0.15, 0.2) is 103 Å². The van der Waals surface area contributed by atoms with E-state index in [1.165, 1.54) is 4.90 Å². The molecule has 1 aliphatic heterocycles. The van der Waals surface area contributed by atoms with Crippen LogP contribution in [0.2, 0.25) is 0 Å². The number of pyridine rings is 1. The van der Waals surface area contributed by atoms with Crippen molar-refractivity contribution in [1.82, 2.24) is 9.88 Å². The summed E-state index contributed by atoms with van der Waals surface area (Å²) in [7, 11) is 0. The molecule has 3 aromatic carbocycles. The van der Waals surface area contributed by atoms with E-state index in [-0.39, 0.29) is 17.9 Å². The quantitative estimate of drug-likeness (QED) is 0.141. The number of carbonyl (C=O) groups excluding carboxylic acids is 2. The minimum atomic E-state index is -0.777. The molecule has 4 aromatic rings. The number of hydrogen-bond acceptors (Lipinski definition) is 6. The minimum Gasteiger partial charge on any atom is -0.507 e. The van der Waals surface area contributed by atoms with E-state index in [1.54, 1.807) is 48.8 Å². The predicted octanol–water partition coefficient (Wildman–Crippen LogP) is 6.38. The van der Waals surface area contributed by atoms with Crippen LogP contribution in [0.5, 0.6) is 11.5 Å². The van der Waals surface area contributed by atoms with Gasteiger partial charge in [0, 0.05) is 24.5 Å². The second-order valence-corrected chi connectivity index (χ2v) is 9.94. The summed E-state index contributed by atoms with van der Waals surface area (Å²) in [6.45, 7) is 5.25. The lowest BCUT2D eigenvalue weighted by molar-refractivity contribution is -0.140. The van der Waals surface area contributed by atoms with E-state index >= 15 is 0 Å². The van der Waals surface area contributed by atoms with Crippen molar-refractivity contribution in [3.8, 4) is 11.5 Å². The van der Waals surface area contributed by atoms with Gasteiger partial charge in [0.1, 0.15) is 23.9 Å². The maximum absolute atomic E-state index is 13.4. The average molecular weight is 549 g/mol. The minimum absolute atomic E-state index is 0.0415. The summed E-state index contributed by atoms with van der Waals surface area (Å²) in [6.07, 6.45) is 4.16. The number of aliphatic hydroxyl groups excluding tert-OH is 1. The van der Waals surface area contributed by atoms with Crippen LogP contribution in [0.1, 0.15) is 47.2 Å². The SMILES string of the molecule is CCCOc1ccc(C2/C(=C(\O)c3ccc(OCc4ccccc4C)cc3)C(=O)C(=O)N2Cc2ccncc2)cc1. The van der Waals surface area contributed by atoms with E-state index in [1.807, 2.05) is 62.4 Å². The van der Waals surface area contributed by atoms with Gasteiger partial charge >= 0.3 is 0 Å². The Morgan fingerprint density at radius 1 is 0.878 bits per heavy atom. The number of hydrogen-bond donors (Lipinski definition) is 1. The van der Waals surface area contributed by atoms with Crippen LogP contribution >= 0.6 is 0 Å². The second-order valence-electron chi connectivity index (χ2n) is 9.94. The molecule has 0 aliphatic carbocycles. The average Bonchev–Trinajstić information content (AvgIpc) is 3.25. The highest BCUT2D eigenvalue weighted by atomic mass is 16.5. The van der Waals surface area contributed by atoms with Gasteiger partial charge in [-0.25, -0.2) is 0 Å². The number of aryl methyl sites for hydroxylation is 1. The summed E-state index contributed by atoms with van der Waals surface area (Å²) in [4.78, 5) is 32.3. The molecular weight excluding hydrogens is 516 g/mol. The maximum Gasteiger partial charge on any atom is 0.295 e. The van der Waals surface area contributed by atoms with Crippen LogP contribution in [0.25, 0.3) is 5.76 Å². The van der Waals surface area contributed by atoms with E-state index in [4.69, 9.17) is 9.47 Å². The molecule has 1 aliphatic rings. The Kier molecular flexibility index (Phi) is 8.44. The van der Waals surface area contributed by atoms with Gasteiger partial charge in [-0.2, -0.15) is 0 Å². The highest BCUT2D eigenvalue weighted by molar-refractivity contribution is 6.46. The van der Waals surface area contributed by atoms with Crippen LogP contribution in [0.4, 0.5) is 0 Å². The van der Waals surface area contributed by atoms with Crippen molar-refractivity contribution >= 4 is 17.4 Å². The van der Waals surface area contributed by atoms with Gasteiger partial charge in [-0.05, 0) is 84.1 Å². The van der Waals surface area contributed by atoms with Crippen molar-refractivity contribution in [2.24, 2.45) is 0 Å². The molecule has 1 saturated heterocycles. The molecule has 5 rings (SSSR count). The summed E-state index contributed by atoms with van der Waals surface area (Å²) in [5.41, 5.74) is 4.21. The molecule has 1 N–H and O–H groups in total. The fourth-order valence-corrected chi connectivity index (χ4v) is 4.84. The summed E-state index contributed by atoms with van der Waals surface area (Å²) >= 11 is 0. The Balaban J connectivity index is 1.47. The van der Waals surface area contributed by atoms with Gasteiger partial charge in [-0.15, -0.1) is 0 Å². The van der Waals surface area contributed by atoms with Gasteiger partial charge in [-0.1, -0.05) is 43.3 Å². The van der Waals surface area contributed by atoms with E-state index in [0.29, 0.717) is 35.8 Å². The number of carbonyl (C=O) groups is 2. The molecule has 0 saturated carbocycles. The van der Waals surface area contributed by atoms with Gasteiger partial charge in [-0.3, -0.25) is 14.6 Å². The molecule has 0 radical (unpaired) electrons. The first-order valence-electron chi connectivity index (χ1n) is 13.6. The Morgan fingerprint density at radius 2 is 1.54 bits per heavy atom. The van der Waals surface area contributed by atoms with E-state index in [9.17, 15) is 14.7 Å². The van der Waals surface area contributed by atoms with E-state index in [2.05, 4.69) is 4.98 Å². The second kappa shape index (κ2) is 12.5. The van der Waals surface area contributed by atoms with Gasteiger partial charge in [0.15, 0.2) is 0 Å². The van der Waals surface area contributed by atoms with Gasteiger partial charge < -0.3 is 19.5 Å². The molecule has 1 amide bonds. The van der Waals surface area contributed by atoms with Crippen molar-refractivity contribution in [3.05, 3.63) is 131 Å². The number of Topliss-reactive ketones (excluding diaryl/α,β-unsaturated/α-hetero) is 1. The molecule has 41 heavy (non-hydrogen) atoms. The Labute approximate surface area is 239 Å². The van der Waals surface area contributed by atoms with E-state index in [0.717, 1.165) is 23.1 Å². The molecule has 7 nitrogen and oxygen atoms in total. The highest BCUT2D eigenvalue weighted by Crippen LogP contribution is 2.41. The normalized spacial score (nSPS) is 16.1. The number of rotatable bonds is 10. The zero-order chi connectivity index (χ0) is 28.8. The fourth-order valence-electron chi connectivity index (χ4n) is 4.84. The largest absolute Gasteiger partial charge is 0.507 e. The first-order valence-corrected chi connectivity index (χ1v) is 13.6. The standard InChI is InChI=1S/C34H32N2O5/c1-3-20-40-28-12-8-25(9-13-28)31-30(33(38)34(39)36(31)21-24-16-18-35-19-17-24)32(37)26-10-14-29(15-11-26)41-22-27-7-5-4-6-23(27)2/h4-19,31,37H,3,20-22H2,1-2H3/b32-30+. The van der Waals surface area contributed by atoms with Gasteiger partial charge in [0.25, 0.3) is 11.7 Å². The lowest BCUT2D eigenvalue weighted by Crippen LogP contribution is -2.29. The third-order valence-electron chi connectivity index (χ3n) is 7.09. The topological polar surface area (TPSA) is 89.0 Å². The number of benzene rings is 3. The van der Waals surface area contributed by atoms with E-state index < -0.39 is 17.7 Å². The molecule has 1 aromatic heterocycles. The number of aromatic nitrogens is 1. The number of aliphatic hydroxyl groups is 1. The Bertz CT molecular complexity index is 1550. The Hall–Kier alpha value is -4.91. The first-order chi connectivity index (χ1) is 20.0. The third kappa shape index (κ3) is 6.14. The maximum atomic E-state index is 13.4. The molecule has 208 valence electrons. The molecule has 1 atom stereocenters. The van der Waals surface area contributed by atoms with Crippen LogP contribution in [0.3, 0.4) is 0 Å². The lowest BCUT2D eigenvalue weighted by Gasteiger charge is -2.25. The molecule has 0 bridgehead atoms. The highest BCUT2D eigenvalue weighted by Gasteiger charge is 2.46.